The van der Waals surface area contributed by atoms with E-state index in [1.165, 1.54) is 69.7 Å². The Morgan fingerprint density at radius 1 is 0.800 bits per heavy atom. The van der Waals surface area contributed by atoms with E-state index in [0.717, 1.165) is 24.3 Å². The van der Waals surface area contributed by atoms with Gasteiger partial charge in [0.05, 0.1) is 10.9 Å². The third-order valence-corrected chi connectivity index (χ3v) is 9.59. The van der Waals surface area contributed by atoms with E-state index >= 15 is 0 Å². The minimum absolute atomic E-state index is 0.113. The molecule has 0 spiro atoms. The minimum Gasteiger partial charge on any atom is -0.455 e. The van der Waals surface area contributed by atoms with Crippen LogP contribution in [0.4, 0.5) is 0 Å². The number of fused-ring (bicyclic) bond motifs is 7. The van der Waals surface area contributed by atoms with Crippen LogP contribution in [0.15, 0.2) is 60.8 Å². The molecule has 6 aromatic rings. The zero-order valence-electron chi connectivity index (χ0n) is 25.0. The van der Waals surface area contributed by atoms with Gasteiger partial charge in [-0.1, -0.05) is 77.9 Å². The lowest BCUT2D eigenvalue weighted by atomic mass is 9.82. The summed E-state index contributed by atoms with van der Waals surface area (Å²) in [6, 6.07) is 20.2. The molecule has 0 atom stereocenters. The number of hydrogen-bond acceptors (Lipinski definition) is 2. The molecule has 40 heavy (non-hydrogen) atoms. The van der Waals surface area contributed by atoms with Gasteiger partial charge in [0.1, 0.15) is 18.5 Å². The van der Waals surface area contributed by atoms with Crippen molar-refractivity contribution in [2.24, 2.45) is 17.9 Å². The Hall–Kier alpha value is -3.43. The Kier molecular flexibility index (Phi) is 5.45. The molecule has 3 heterocycles. The highest BCUT2D eigenvalue weighted by Gasteiger charge is 2.35. The van der Waals surface area contributed by atoms with Crippen LogP contribution < -0.4 is 9.30 Å². The molecular formula is C37H38NOS+. The Balaban J connectivity index is 1.65. The second-order valence-corrected chi connectivity index (χ2v) is 15.2. The fourth-order valence-electron chi connectivity index (χ4n) is 6.85. The Morgan fingerprint density at radius 2 is 1.55 bits per heavy atom. The van der Waals surface area contributed by atoms with Crippen LogP contribution in [0.3, 0.4) is 0 Å². The van der Waals surface area contributed by atoms with Crippen molar-refractivity contribution in [2.45, 2.75) is 61.3 Å². The summed E-state index contributed by atoms with van der Waals surface area (Å²) in [7, 11) is 2.19. The predicted molar refractivity (Wildman–Crippen MR) is 172 cm³/mol. The van der Waals surface area contributed by atoms with E-state index in [1.54, 1.807) is 0 Å². The van der Waals surface area contributed by atoms with Gasteiger partial charge in [-0.3, -0.25) is 0 Å². The number of ether oxygens (including phenoxy) is 1. The van der Waals surface area contributed by atoms with Crippen molar-refractivity contribution in [3.05, 3.63) is 77.5 Å². The van der Waals surface area contributed by atoms with Crippen molar-refractivity contribution in [1.82, 2.24) is 0 Å². The van der Waals surface area contributed by atoms with E-state index in [-0.39, 0.29) is 10.8 Å². The lowest BCUT2D eigenvalue weighted by Crippen LogP contribution is -2.32. The van der Waals surface area contributed by atoms with Crippen LogP contribution in [0.2, 0.25) is 0 Å². The molecular weight excluding hydrogens is 506 g/mol. The van der Waals surface area contributed by atoms with Crippen molar-refractivity contribution in [1.29, 1.82) is 0 Å². The number of pyridine rings is 1. The lowest BCUT2D eigenvalue weighted by Gasteiger charge is -2.28. The molecule has 0 N–H and O–H groups in total. The zero-order chi connectivity index (χ0) is 28.1. The molecule has 7 rings (SSSR count). The van der Waals surface area contributed by atoms with Crippen LogP contribution in [-0.2, 0) is 19.9 Å². The Labute approximate surface area is 241 Å². The van der Waals surface area contributed by atoms with Crippen LogP contribution in [-0.4, -0.2) is 0 Å². The van der Waals surface area contributed by atoms with Crippen molar-refractivity contribution >= 4 is 53.1 Å². The molecule has 2 aromatic heterocycles. The van der Waals surface area contributed by atoms with E-state index < -0.39 is 0 Å². The molecule has 1 aliphatic heterocycles. The standard InChI is InChI=1S/C37H38NOS/c1-21-29-33-32-25(16-17-38(33)8)30-22(12-11-13-23(30)19-36(2,3)4)18-27(32)39-34(29)26(20-37(5,6)7)31-24-14-9-10-15-28(24)40-35(21)31/h9-18H,19-20H2,1-8H3/q+1. The third-order valence-electron chi connectivity index (χ3n) is 8.30. The minimum atomic E-state index is 0.113. The van der Waals surface area contributed by atoms with Gasteiger partial charge in [-0.2, -0.15) is 0 Å². The molecule has 0 radical (unpaired) electrons. The normalized spacial score (nSPS) is 13.4. The van der Waals surface area contributed by atoms with Crippen LogP contribution in [0.5, 0.6) is 11.5 Å². The van der Waals surface area contributed by atoms with Gasteiger partial charge < -0.3 is 4.74 Å². The number of rotatable bonds is 2. The van der Waals surface area contributed by atoms with Gasteiger partial charge in [0.2, 0.25) is 5.69 Å². The molecule has 4 aromatic carbocycles. The van der Waals surface area contributed by atoms with E-state index in [0.29, 0.717) is 0 Å². The average Bonchev–Trinajstić information content (AvgIpc) is 3.26. The van der Waals surface area contributed by atoms with Gasteiger partial charge in [0.25, 0.3) is 0 Å². The van der Waals surface area contributed by atoms with Crippen LogP contribution in [0.1, 0.15) is 58.2 Å². The topological polar surface area (TPSA) is 13.1 Å². The maximum absolute atomic E-state index is 7.13. The molecule has 0 aliphatic carbocycles. The summed E-state index contributed by atoms with van der Waals surface area (Å²) in [5.41, 5.74) is 6.91. The number of aryl methyl sites for hydroxylation is 2. The predicted octanol–water partition coefficient (Wildman–Crippen LogP) is 10.4. The molecule has 0 saturated heterocycles. The monoisotopic (exact) mass is 544 g/mol. The largest absolute Gasteiger partial charge is 0.455 e. The first kappa shape index (κ1) is 25.5. The first-order chi connectivity index (χ1) is 18.9. The SMILES string of the molecule is Cc1c2c(c(CC(C)(C)C)c3c1sc1ccccc13)Oc1cc3cccc(CC(C)(C)C)c3c3cc[n+](C)c-2c13. The Morgan fingerprint density at radius 3 is 2.30 bits per heavy atom. The second-order valence-electron chi connectivity index (χ2n) is 14.1. The molecule has 202 valence electrons. The number of benzene rings is 4. The number of hydrogen-bond donors (Lipinski definition) is 0. The van der Waals surface area contributed by atoms with Crippen molar-refractivity contribution in [3.63, 3.8) is 0 Å². The second kappa shape index (κ2) is 8.54. The number of nitrogens with zero attached hydrogens (tertiary/aromatic N) is 1. The van der Waals surface area contributed by atoms with Crippen molar-refractivity contribution in [3.8, 4) is 22.8 Å². The maximum atomic E-state index is 7.13. The van der Waals surface area contributed by atoms with Crippen LogP contribution >= 0.6 is 11.3 Å². The van der Waals surface area contributed by atoms with E-state index in [2.05, 4.69) is 121 Å². The van der Waals surface area contributed by atoms with Gasteiger partial charge in [-0.05, 0) is 64.6 Å². The zero-order valence-corrected chi connectivity index (χ0v) is 25.8. The highest BCUT2D eigenvalue weighted by molar-refractivity contribution is 7.26. The summed E-state index contributed by atoms with van der Waals surface area (Å²) >= 11 is 1.92. The molecule has 1 aliphatic rings. The van der Waals surface area contributed by atoms with Gasteiger partial charge in [-0.25, -0.2) is 4.57 Å². The number of aromatic nitrogens is 1. The first-order valence-electron chi connectivity index (χ1n) is 14.4. The molecule has 0 bridgehead atoms. The van der Waals surface area contributed by atoms with Gasteiger partial charge >= 0.3 is 0 Å². The smallest absolute Gasteiger partial charge is 0.228 e. The molecule has 0 fully saturated rings. The molecule has 0 unspecified atom stereocenters. The van der Waals surface area contributed by atoms with Gasteiger partial charge in [0.15, 0.2) is 6.20 Å². The summed E-state index contributed by atoms with van der Waals surface area (Å²) in [5.74, 6) is 2.02. The van der Waals surface area contributed by atoms with Crippen LogP contribution in [0, 0.1) is 17.8 Å². The summed E-state index contributed by atoms with van der Waals surface area (Å²) in [5, 5.41) is 7.86. The molecule has 3 heteroatoms. The van der Waals surface area contributed by atoms with Crippen molar-refractivity contribution in [2.75, 3.05) is 0 Å². The summed E-state index contributed by atoms with van der Waals surface area (Å²) < 4.78 is 12.2. The maximum Gasteiger partial charge on any atom is 0.228 e. The quantitative estimate of drug-likeness (QED) is 0.156. The fourth-order valence-corrected chi connectivity index (χ4v) is 8.09. The number of thiophene rings is 1. The molecule has 0 saturated carbocycles. The highest BCUT2D eigenvalue weighted by Crippen LogP contribution is 2.55. The van der Waals surface area contributed by atoms with Gasteiger partial charge in [0, 0.05) is 37.2 Å². The van der Waals surface area contributed by atoms with Gasteiger partial charge in [-0.15, -0.1) is 11.3 Å². The summed E-state index contributed by atoms with van der Waals surface area (Å²) in [6.45, 7) is 16.3. The lowest BCUT2D eigenvalue weighted by molar-refractivity contribution is -0.659. The summed E-state index contributed by atoms with van der Waals surface area (Å²) in [4.78, 5) is 0. The van der Waals surface area contributed by atoms with E-state index in [4.69, 9.17) is 4.74 Å². The Bertz CT molecular complexity index is 2010. The summed E-state index contributed by atoms with van der Waals surface area (Å²) in [6.07, 6.45) is 4.23. The molecule has 0 amide bonds. The first-order valence-corrected chi connectivity index (χ1v) is 15.2. The molecule has 2 nitrogen and oxygen atoms in total. The van der Waals surface area contributed by atoms with E-state index in [9.17, 15) is 0 Å². The fraction of sp³-hybridized carbons (Fsp3) is 0.324. The highest BCUT2D eigenvalue weighted by atomic mass is 32.1. The van der Waals surface area contributed by atoms with Crippen LogP contribution in [0.25, 0.3) is 53.0 Å². The average molecular weight is 545 g/mol. The van der Waals surface area contributed by atoms with E-state index in [1.807, 2.05) is 11.3 Å². The van der Waals surface area contributed by atoms with Crippen molar-refractivity contribution < 1.29 is 9.30 Å². The third kappa shape index (κ3) is 3.85.